The number of hydrogen-bond acceptors (Lipinski definition) is 4. The lowest BCUT2D eigenvalue weighted by Gasteiger charge is -2.34. The first-order valence-electron chi connectivity index (χ1n) is 12.3. The van der Waals surface area contributed by atoms with Crippen LogP contribution in [0.1, 0.15) is 51.0 Å². The fourth-order valence-corrected chi connectivity index (χ4v) is 6.17. The number of benzene rings is 2. The summed E-state index contributed by atoms with van der Waals surface area (Å²) in [6.45, 7) is 1.32. The Morgan fingerprint density at radius 1 is 1.03 bits per heavy atom. The number of carbonyl (C=O) groups is 2. The van der Waals surface area contributed by atoms with Gasteiger partial charge in [-0.3, -0.25) is 13.9 Å². The largest absolute Gasteiger partial charge is 0.352 e. The highest BCUT2D eigenvalue weighted by Gasteiger charge is 2.33. The molecule has 0 heterocycles. The van der Waals surface area contributed by atoms with Gasteiger partial charge in [-0.15, -0.1) is 0 Å². The van der Waals surface area contributed by atoms with Gasteiger partial charge in [0.1, 0.15) is 12.6 Å². The van der Waals surface area contributed by atoms with Crippen molar-refractivity contribution >= 4 is 62.3 Å². The molecule has 37 heavy (non-hydrogen) atoms. The second-order valence-electron chi connectivity index (χ2n) is 9.25. The molecule has 7 nitrogen and oxygen atoms in total. The molecule has 202 valence electrons. The molecule has 0 saturated heterocycles. The maximum absolute atomic E-state index is 13.8. The van der Waals surface area contributed by atoms with E-state index in [1.54, 1.807) is 24.3 Å². The minimum Gasteiger partial charge on any atom is -0.352 e. The van der Waals surface area contributed by atoms with Crippen LogP contribution in [0.3, 0.4) is 0 Å². The summed E-state index contributed by atoms with van der Waals surface area (Å²) in [5.74, 6) is -0.813. The molecule has 11 heteroatoms. The smallest absolute Gasteiger partial charge is 0.244 e. The maximum atomic E-state index is 13.8. The zero-order chi connectivity index (χ0) is 27.2. The number of anilines is 1. The third-order valence-corrected chi connectivity index (χ3v) is 8.53. The Labute approximate surface area is 234 Å². The predicted octanol–water partition coefficient (Wildman–Crippen LogP) is 5.67. The average Bonchev–Trinajstić information content (AvgIpc) is 2.84. The van der Waals surface area contributed by atoms with E-state index in [1.165, 1.54) is 23.1 Å². The number of hydrogen-bond donors (Lipinski definition) is 1. The van der Waals surface area contributed by atoms with Gasteiger partial charge in [-0.25, -0.2) is 8.42 Å². The van der Waals surface area contributed by atoms with E-state index in [9.17, 15) is 18.0 Å². The number of sulfonamides is 1. The number of halogens is 3. The number of rotatable bonds is 10. The van der Waals surface area contributed by atoms with Gasteiger partial charge in [0.05, 0.1) is 17.0 Å². The highest BCUT2D eigenvalue weighted by Crippen LogP contribution is 2.31. The Balaban J connectivity index is 1.94. The predicted molar refractivity (Wildman–Crippen MR) is 150 cm³/mol. The van der Waals surface area contributed by atoms with Gasteiger partial charge in [0.2, 0.25) is 21.8 Å². The van der Waals surface area contributed by atoms with E-state index in [0.717, 1.165) is 42.7 Å². The zero-order valence-electron chi connectivity index (χ0n) is 20.9. The summed E-state index contributed by atoms with van der Waals surface area (Å²) in [5, 5.41) is 3.97. The van der Waals surface area contributed by atoms with Crippen LogP contribution in [0.2, 0.25) is 15.1 Å². The lowest BCUT2D eigenvalue weighted by molar-refractivity contribution is -0.140. The minimum absolute atomic E-state index is 0.0427. The quantitative estimate of drug-likeness (QED) is 0.388. The van der Waals surface area contributed by atoms with Crippen molar-refractivity contribution in [2.45, 2.75) is 64.1 Å². The van der Waals surface area contributed by atoms with Crippen molar-refractivity contribution < 1.29 is 18.0 Å². The molecule has 0 unspecified atom stereocenters. The van der Waals surface area contributed by atoms with Gasteiger partial charge < -0.3 is 10.2 Å². The highest BCUT2D eigenvalue weighted by molar-refractivity contribution is 7.92. The van der Waals surface area contributed by atoms with Gasteiger partial charge in [-0.05, 0) is 49.1 Å². The maximum Gasteiger partial charge on any atom is 0.244 e. The summed E-state index contributed by atoms with van der Waals surface area (Å²) >= 11 is 18.7. The van der Waals surface area contributed by atoms with Gasteiger partial charge in [-0.1, -0.05) is 79.2 Å². The fourth-order valence-electron chi connectivity index (χ4n) is 4.55. The van der Waals surface area contributed by atoms with Crippen LogP contribution in [0.5, 0.6) is 0 Å². The third-order valence-electron chi connectivity index (χ3n) is 6.49. The van der Waals surface area contributed by atoms with E-state index in [0.29, 0.717) is 22.0 Å². The first-order valence-corrected chi connectivity index (χ1v) is 15.3. The van der Waals surface area contributed by atoms with Gasteiger partial charge in [-0.2, -0.15) is 0 Å². The monoisotopic (exact) mass is 587 g/mol. The molecule has 2 aromatic carbocycles. The molecule has 1 aliphatic rings. The molecule has 3 rings (SSSR count). The van der Waals surface area contributed by atoms with E-state index in [2.05, 4.69) is 5.32 Å². The zero-order valence-corrected chi connectivity index (χ0v) is 24.0. The normalized spacial score (nSPS) is 15.2. The Kier molecular flexibility index (Phi) is 10.5. The number of nitrogens with one attached hydrogen (secondary N) is 1. The van der Waals surface area contributed by atoms with Crippen molar-refractivity contribution in [3.63, 3.8) is 0 Å². The molecule has 0 spiro atoms. The molecule has 0 aromatic heterocycles. The van der Waals surface area contributed by atoms with E-state index < -0.39 is 28.5 Å². The lowest BCUT2D eigenvalue weighted by atomic mass is 9.95. The summed E-state index contributed by atoms with van der Waals surface area (Å²) < 4.78 is 26.4. The first-order chi connectivity index (χ1) is 17.5. The third kappa shape index (κ3) is 7.99. The van der Waals surface area contributed by atoms with Crippen molar-refractivity contribution in [1.82, 2.24) is 10.2 Å². The van der Waals surface area contributed by atoms with E-state index in [-0.39, 0.29) is 29.2 Å². The molecule has 0 radical (unpaired) electrons. The first kappa shape index (κ1) is 29.6. The van der Waals surface area contributed by atoms with Gasteiger partial charge in [0.15, 0.2) is 0 Å². The molecule has 2 aromatic rings. The van der Waals surface area contributed by atoms with Crippen molar-refractivity contribution in [3.8, 4) is 0 Å². The van der Waals surface area contributed by atoms with Crippen molar-refractivity contribution in [2.75, 3.05) is 17.1 Å². The van der Waals surface area contributed by atoms with E-state index in [4.69, 9.17) is 34.8 Å². The number of nitrogens with zero attached hydrogens (tertiary/aromatic N) is 2. The lowest BCUT2D eigenvalue weighted by Crippen LogP contribution is -2.54. The Morgan fingerprint density at radius 3 is 2.30 bits per heavy atom. The second kappa shape index (κ2) is 13.2. The van der Waals surface area contributed by atoms with Crippen LogP contribution >= 0.6 is 34.8 Å². The van der Waals surface area contributed by atoms with Gasteiger partial charge in [0.25, 0.3) is 0 Å². The van der Waals surface area contributed by atoms with Crippen LogP contribution < -0.4 is 9.62 Å². The molecule has 1 aliphatic carbocycles. The van der Waals surface area contributed by atoms with Gasteiger partial charge >= 0.3 is 0 Å². The van der Waals surface area contributed by atoms with E-state index >= 15 is 0 Å². The van der Waals surface area contributed by atoms with Gasteiger partial charge in [0, 0.05) is 22.6 Å². The van der Waals surface area contributed by atoms with Crippen molar-refractivity contribution in [3.05, 3.63) is 63.1 Å². The summed E-state index contributed by atoms with van der Waals surface area (Å²) in [6, 6.07) is 10.7. The summed E-state index contributed by atoms with van der Waals surface area (Å²) in [6.07, 6.45) is 6.39. The van der Waals surface area contributed by atoms with Crippen LogP contribution in [0.4, 0.5) is 5.69 Å². The standard InChI is InChI=1S/C26H32Cl3N3O4S/c1-3-23(26(34)30-20-10-5-4-6-11-20)31(16-18-9-7-8-12-21(18)28)25(33)17-32(37(2,35)36)24-14-13-19(27)15-22(24)29/h7-9,12-15,20,23H,3-6,10-11,16-17H2,1-2H3,(H,30,34)/t23-/m0/s1. The van der Waals surface area contributed by atoms with Crippen molar-refractivity contribution in [2.24, 2.45) is 0 Å². The van der Waals surface area contributed by atoms with Crippen LogP contribution in [0, 0.1) is 0 Å². The van der Waals surface area contributed by atoms with E-state index in [1.807, 2.05) is 6.92 Å². The van der Waals surface area contributed by atoms with Crippen LogP contribution in [-0.2, 0) is 26.2 Å². The molecule has 0 bridgehead atoms. The molecule has 1 saturated carbocycles. The van der Waals surface area contributed by atoms with Crippen LogP contribution in [-0.4, -0.2) is 50.0 Å². The molecule has 1 atom stereocenters. The number of carbonyl (C=O) groups excluding carboxylic acids is 2. The topological polar surface area (TPSA) is 86.8 Å². The second-order valence-corrected chi connectivity index (χ2v) is 12.4. The SMILES string of the molecule is CC[C@@H](C(=O)NC1CCCCC1)N(Cc1ccccc1Cl)C(=O)CN(c1ccc(Cl)cc1Cl)S(C)(=O)=O. The van der Waals surface area contributed by atoms with Crippen molar-refractivity contribution in [1.29, 1.82) is 0 Å². The molecule has 0 aliphatic heterocycles. The van der Waals surface area contributed by atoms with Crippen LogP contribution in [0.15, 0.2) is 42.5 Å². The Bertz CT molecular complexity index is 1220. The van der Waals surface area contributed by atoms with Crippen LogP contribution in [0.25, 0.3) is 0 Å². The molecule has 1 fully saturated rings. The molecule has 2 amide bonds. The Hall–Kier alpha value is -2.00. The molecular formula is C26H32Cl3N3O4S. The average molecular weight is 589 g/mol. The minimum atomic E-state index is -3.91. The summed E-state index contributed by atoms with van der Waals surface area (Å²) in [5.41, 5.74) is 0.774. The number of amides is 2. The molecular weight excluding hydrogens is 557 g/mol. The summed E-state index contributed by atoms with van der Waals surface area (Å²) in [4.78, 5) is 28.6. The summed E-state index contributed by atoms with van der Waals surface area (Å²) in [7, 11) is -3.91. The molecule has 1 N–H and O–H groups in total. The Morgan fingerprint density at radius 2 is 1.70 bits per heavy atom. The fraction of sp³-hybridized carbons (Fsp3) is 0.462. The highest BCUT2D eigenvalue weighted by atomic mass is 35.5.